The lowest BCUT2D eigenvalue weighted by molar-refractivity contribution is -0.122. The number of fused-ring (bicyclic) bond motifs is 3. The summed E-state index contributed by atoms with van der Waals surface area (Å²) in [5, 5.41) is 11.7. The Bertz CT molecular complexity index is 713. The normalized spacial score (nSPS) is 26.7. The van der Waals surface area contributed by atoms with Crippen molar-refractivity contribution in [3.05, 3.63) is 29.2 Å². The fraction of sp³-hybridized carbons (Fsp3) is 0.562. The molecule has 0 saturated heterocycles. The summed E-state index contributed by atoms with van der Waals surface area (Å²) in [5.74, 6) is 3.08. The summed E-state index contributed by atoms with van der Waals surface area (Å²) in [7, 11) is 0. The first-order valence-electron chi connectivity index (χ1n) is 7.95. The van der Waals surface area contributed by atoms with Crippen LogP contribution in [-0.2, 0) is 11.3 Å². The van der Waals surface area contributed by atoms with E-state index in [0.29, 0.717) is 35.4 Å². The Morgan fingerprint density at radius 3 is 3.05 bits per heavy atom. The van der Waals surface area contributed by atoms with Crippen molar-refractivity contribution in [2.24, 2.45) is 17.8 Å². The van der Waals surface area contributed by atoms with Crippen molar-refractivity contribution in [1.82, 2.24) is 19.9 Å². The van der Waals surface area contributed by atoms with E-state index in [1.54, 1.807) is 6.07 Å². The van der Waals surface area contributed by atoms with Gasteiger partial charge < -0.3 is 5.32 Å². The minimum atomic E-state index is 0.122. The van der Waals surface area contributed by atoms with Gasteiger partial charge in [-0.15, -0.1) is 10.2 Å². The van der Waals surface area contributed by atoms with Crippen LogP contribution in [-0.4, -0.2) is 20.5 Å². The Morgan fingerprint density at radius 2 is 2.27 bits per heavy atom. The number of hydrogen-bond acceptors (Lipinski definition) is 3. The van der Waals surface area contributed by atoms with Crippen molar-refractivity contribution in [2.45, 2.75) is 38.6 Å². The minimum Gasteiger partial charge on any atom is -0.349 e. The highest BCUT2D eigenvalue weighted by Crippen LogP contribution is 2.49. The standard InChI is InChI=1S/C16H19ClN4O/c17-13-2-1-5-21-14(19-20-16(13)21)9-18-15(22)8-12-7-10-3-4-11(12)6-10/h1-2,5,10-12H,3-4,6-9H2,(H,18,22). The van der Waals surface area contributed by atoms with Crippen molar-refractivity contribution in [3.63, 3.8) is 0 Å². The summed E-state index contributed by atoms with van der Waals surface area (Å²) >= 11 is 6.07. The third kappa shape index (κ3) is 2.47. The zero-order valence-corrected chi connectivity index (χ0v) is 13.1. The van der Waals surface area contributed by atoms with E-state index in [0.717, 1.165) is 11.8 Å². The maximum absolute atomic E-state index is 12.2. The van der Waals surface area contributed by atoms with E-state index in [4.69, 9.17) is 11.6 Å². The van der Waals surface area contributed by atoms with E-state index in [-0.39, 0.29) is 5.91 Å². The molecule has 2 heterocycles. The van der Waals surface area contributed by atoms with Crippen LogP contribution < -0.4 is 5.32 Å². The van der Waals surface area contributed by atoms with Gasteiger partial charge in [-0.3, -0.25) is 9.20 Å². The molecule has 1 N–H and O–H groups in total. The molecule has 1 amide bonds. The zero-order valence-electron chi connectivity index (χ0n) is 12.3. The Kier molecular flexibility index (Phi) is 3.53. The number of aromatic nitrogens is 3. The van der Waals surface area contributed by atoms with Crippen LogP contribution in [0.1, 0.15) is 37.9 Å². The topological polar surface area (TPSA) is 59.3 Å². The van der Waals surface area contributed by atoms with E-state index in [2.05, 4.69) is 15.5 Å². The number of halogens is 1. The predicted molar refractivity (Wildman–Crippen MR) is 83.4 cm³/mol. The van der Waals surface area contributed by atoms with Crippen LogP contribution in [0.5, 0.6) is 0 Å². The highest BCUT2D eigenvalue weighted by molar-refractivity contribution is 6.33. The quantitative estimate of drug-likeness (QED) is 0.943. The fourth-order valence-electron chi connectivity index (χ4n) is 4.17. The number of carbonyl (C=O) groups excluding carboxylic acids is 1. The van der Waals surface area contributed by atoms with Gasteiger partial charge >= 0.3 is 0 Å². The smallest absolute Gasteiger partial charge is 0.220 e. The molecule has 2 aromatic rings. The summed E-state index contributed by atoms with van der Waals surface area (Å²) in [6.45, 7) is 0.390. The number of pyridine rings is 1. The molecule has 2 aliphatic carbocycles. The molecule has 0 aliphatic heterocycles. The number of amides is 1. The molecule has 3 atom stereocenters. The Hall–Kier alpha value is -1.62. The second-order valence-corrected chi connectivity index (χ2v) is 6.99. The molecule has 6 heteroatoms. The van der Waals surface area contributed by atoms with E-state index in [1.165, 1.54) is 25.7 Å². The van der Waals surface area contributed by atoms with Gasteiger partial charge in [0.25, 0.3) is 0 Å². The van der Waals surface area contributed by atoms with Crippen molar-refractivity contribution >= 4 is 23.2 Å². The molecule has 5 nitrogen and oxygen atoms in total. The lowest BCUT2D eigenvalue weighted by Crippen LogP contribution is -2.27. The van der Waals surface area contributed by atoms with Gasteiger partial charge in [-0.1, -0.05) is 18.0 Å². The lowest BCUT2D eigenvalue weighted by atomic mass is 9.86. The van der Waals surface area contributed by atoms with E-state index >= 15 is 0 Å². The molecule has 2 saturated carbocycles. The molecule has 116 valence electrons. The van der Waals surface area contributed by atoms with Gasteiger partial charge in [0.15, 0.2) is 11.5 Å². The van der Waals surface area contributed by atoms with Crippen LogP contribution >= 0.6 is 11.6 Å². The van der Waals surface area contributed by atoms with Crippen LogP contribution in [0.25, 0.3) is 5.65 Å². The number of nitrogens with zero attached hydrogens (tertiary/aromatic N) is 3. The molecule has 0 radical (unpaired) electrons. The van der Waals surface area contributed by atoms with Gasteiger partial charge in [-0.25, -0.2) is 0 Å². The molecular formula is C16H19ClN4O. The number of rotatable bonds is 4. The molecule has 2 aromatic heterocycles. The maximum Gasteiger partial charge on any atom is 0.220 e. The molecule has 0 spiro atoms. The van der Waals surface area contributed by atoms with Crippen LogP contribution in [0.2, 0.25) is 5.02 Å². The van der Waals surface area contributed by atoms with E-state index < -0.39 is 0 Å². The van der Waals surface area contributed by atoms with Gasteiger partial charge in [-0.05, 0) is 49.1 Å². The minimum absolute atomic E-state index is 0.122. The average molecular weight is 319 g/mol. The summed E-state index contributed by atoms with van der Waals surface area (Å²) < 4.78 is 1.82. The first kappa shape index (κ1) is 14.0. The Balaban J connectivity index is 1.37. The van der Waals surface area contributed by atoms with Crippen LogP contribution in [0.15, 0.2) is 18.3 Å². The first-order valence-corrected chi connectivity index (χ1v) is 8.33. The molecule has 0 aromatic carbocycles. The van der Waals surface area contributed by atoms with Crippen molar-refractivity contribution < 1.29 is 4.79 Å². The largest absolute Gasteiger partial charge is 0.349 e. The van der Waals surface area contributed by atoms with Crippen molar-refractivity contribution in [3.8, 4) is 0 Å². The molecule has 22 heavy (non-hydrogen) atoms. The number of carbonyl (C=O) groups is 1. The monoisotopic (exact) mass is 318 g/mol. The second-order valence-electron chi connectivity index (χ2n) is 6.58. The molecule has 4 rings (SSSR count). The summed E-state index contributed by atoms with van der Waals surface area (Å²) in [4.78, 5) is 12.2. The highest BCUT2D eigenvalue weighted by atomic mass is 35.5. The highest BCUT2D eigenvalue weighted by Gasteiger charge is 2.40. The lowest BCUT2D eigenvalue weighted by Gasteiger charge is -2.20. The Morgan fingerprint density at radius 1 is 1.36 bits per heavy atom. The molecule has 2 aliphatic rings. The molecule has 2 fully saturated rings. The molecule has 2 bridgehead atoms. The van der Waals surface area contributed by atoms with Gasteiger partial charge in [-0.2, -0.15) is 0 Å². The van der Waals surface area contributed by atoms with E-state index in [9.17, 15) is 4.79 Å². The zero-order chi connectivity index (χ0) is 15.1. The summed E-state index contributed by atoms with van der Waals surface area (Å²) in [6.07, 6.45) is 7.77. The summed E-state index contributed by atoms with van der Waals surface area (Å²) in [5.41, 5.74) is 0.626. The van der Waals surface area contributed by atoms with Crippen LogP contribution in [0, 0.1) is 17.8 Å². The summed E-state index contributed by atoms with van der Waals surface area (Å²) in [6, 6.07) is 3.63. The van der Waals surface area contributed by atoms with Crippen molar-refractivity contribution in [1.29, 1.82) is 0 Å². The van der Waals surface area contributed by atoms with Crippen molar-refractivity contribution in [2.75, 3.05) is 0 Å². The maximum atomic E-state index is 12.2. The number of hydrogen-bond donors (Lipinski definition) is 1. The van der Waals surface area contributed by atoms with Gasteiger partial charge in [0.2, 0.25) is 5.91 Å². The fourth-order valence-corrected chi connectivity index (χ4v) is 4.37. The van der Waals surface area contributed by atoms with Crippen LogP contribution in [0.3, 0.4) is 0 Å². The SMILES string of the molecule is O=C(CC1CC2CCC1C2)NCc1nnc2c(Cl)cccn12. The van der Waals surface area contributed by atoms with Gasteiger partial charge in [0.1, 0.15) is 0 Å². The molecule has 3 unspecified atom stereocenters. The van der Waals surface area contributed by atoms with Crippen LogP contribution in [0.4, 0.5) is 0 Å². The molecular weight excluding hydrogens is 300 g/mol. The van der Waals surface area contributed by atoms with Gasteiger partial charge in [0, 0.05) is 12.6 Å². The average Bonchev–Trinajstić information content (AvgIpc) is 3.20. The third-order valence-electron chi connectivity index (χ3n) is 5.23. The first-order chi connectivity index (χ1) is 10.7. The number of nitrogens with one attached hydrogen (secondary N) is 1. The second kappa shape index (κ2) is 5.54. The third-order valence-corrected chi connectivity index (χ3v) is 5.53. The van der Waals surface area contributed by atoms with Gasteiger partial charge in [0.05, 0.1) is 11.6 Å². The predicted octanol–water partition coefficient (Wildman–Crippen LogP) is 2.83. The Labute approximate surface area is 134 Å². The van der Waals surface area contributed by atoms with E-state index in [1.807, 2.05) is 16.7 Å².